The molecule has 1 aromatic rings. The van der Waals surface area contributed by atoms with E-state index in [4.69, 9.17) is 9.66 Å². The van der Waals surface area contributed by atoms with Gasteiger partial charge in [0.05, 0.1) is 16.1 Å². The van der Waals surface area contributed by atoms with Gasteiger partial charge in [0.15, 0.2) is 5.71 Å². The SMILES string of the molecule is CC1=[N+](CCCS(=O)(=O)O)c2ccc(S(=O)(=O)O)cc2C1(C)CCCCCC(=O)O.[H-].[Na+]. The fourth-order valence-electron chi connectivity index (χ4n) is 3.97. The van der Waals surface area contributed by atoms with Crippen molar-refractivity contribution in [1.29, 1.82) is 0 Å². The molecule has 1 heterocycles. The van der Waals surface area contributed by atoms with Crippen LogP contribution >= 0.6 is 0 Å². The van der Waals surface area contributed by atoms with Crippen LogP contribution in [-0.4, -0.2) is 59.6 Å². The zero-order valence-electron chi connectivity index (χ0n) is 19.0. The minimum absolute atomic E-state index is 0. The van der Waals surface area contributed by atoms with E-state index >= 15 is 0 Å². The standard InChI is InChI=1S/C19H27NO8S2.Na.H/c1-14-19(2,10-5-3-4-7-18(21)22)16-13-15(30(26,27)28)8-9-17(16)20(14)11-6-12-29(23,24)25;;/h8-9,13H,3-7,10-12H2,1-2H3,(H2-,21,22,23,24,25,26,27,28);;/q;+1;-1/p+1. The first-order valence-corrected chi connectivity index (χ1v) is 12.7. The van der Waals surface area contributed by atoms with Gasteiger partial charge >= 0.3 is 35.5 Å². The first-order valence-electron chi connectivity index (χ1n) is 9.66. The van der Waals surface area contributed by atoms with Crippen molar-refractivity contribution in [3.63, 3.8) is 0 Å². The molecule has 0 bridgehead atoms. The van der Waals surface area contributed by atoms with E-state index in [1.54, 1.807) is 6.07 Å². The second kappa shape index (κ2) is 10.9. The first kappa shape index (κ1) is 28.2. The van der Waals surface area contributed by atoms with Crippen molar-refractivity contribution in [2.45, 2.75) is 62.7 Å². The Kier molecular flexibility index (Phi) is 9.89. The Morgan fingerprint density at radius 1 is 1.10 bits per heavy atom. The Balaban J connectivity index is 0.00000480. The molecule has 0 saturated carbocycles. The van der Waals surface area contributed by atoms with Crippen LogP contribution in [0.3, 0.4) is 0 Å². The number of hydrogen-bond donors (Lipinski definition) is 3. The van der Waals surface area contributed by atoms with Crippen molar-refractivity contribution >= 4 is 37.6 Å². The number of fused-ring (bicyclic) bond motifs is 1. The van der Waals surface area contributed by atoms with Crippen molar-refractivity contribution in [2.75, 3.05) is 12.3 Å². The van der Waals surface area contributed by atoms with E-state index in [1.165, 1.54) is 12.1 Å². The molecule has 1 aliphatic rings. The number of carboxylic acids is 1. The van der Waals surface area contributed by atoms with Crippen LogP contribution in [0.25, 0.3) is 0 Å². The van der Waals surface area contributed by atoms with Crippen LogP contribution in [0, 0.1) is 0 Å². The van der Waals surface area contributed by atoms with Gasteiger partial charge in [-0.1, -0.05) is 12.8 Å². The van der Waals surface area contributed by atoms with Crippen molar-refractivity contribution in [1.82, 2.24) is 0 Å². The Hall–Kier alpha value is -0.820. The maximum atomic E-state index is 11.6. The van der Waals surface area contributed by atoms with Gasteiger partial charge in [-0.25, -0.2) is 0 Å². The number of aliphatic carboxylic acids is 1. The Labute approximate surface area is 206 Å². The van der Waals surface area contributed by atoms with Crippen molar-refractivity contribution in [2.24, 2.45) is 0 Å². The summed E-state index contributed by atoms with van der Waals surface area (Å²) in [5.41, 5.74) is 1.78. The zero-order chi connectivity index (χ0) is 22.7. The van der Waals surface area contributed by atoms with Gasteiger partial charge in [-0.05, 0) is 31.9 Å². The molecule has 0 aromatic heterocycles. The summed E-state index contributed by atoms with van der Waals surface area (Å²) in [5.74, 6) is -1.24. The van der Waals surface area contributed by atoms with Gasteiger partial charge in [0.2, 0.25) is 5.69 Å². The number of rotatable bonds is 11. The molecule has 0 fully saturated rings. The second-order valence-corrected chi connectivity index (χ2v) is 10.8. The van der Waals surface area contributed by atoms with E-state index < -0.39 is 31.6 Å². The maximum absolute atomic E-state index is 11.6. The van der Waals surface area contributed by atoms with E-state index in [0.29, 0.717) is 31.4 Å². The van der Waals surface area contributed by atoms with Gasteiger partial charge in [0, 0.05) is 31.4 Å². The Morgan fingerprint density at radius 2 is 1.74 bits per heavy atom. The van der Waals surface area contributed by atoms with Gasteiger partial charge < -0.3 is 6.53 Å². The number of carboxylic acid groups (broad SMARTS) is 1. The van der Waals surface area contributed by atoms with Gasteiger partial charge in [0.1, 0.15) is 6.54 Å². The summed E-state index contributed by atoms with van der Waals surface area (Å²) in [5, 5.41) is 8.78. The number of nitrogens with zero attached hydrogens (tertiary/aromatic N) is 1. The summed E-state index contributed by atoms with van der Waals surface area (Å²) in [6.07, 6.45) is 2.87. The summed E-state index contributed by atoms with van der Waals surface area (Å²) in [6, 6.07) is 4.33. The molecule has 0 amide bonds. The third-order valence-electron chi connectivity index (χ3n) is 5.71. The number of carbonyl (C=O) groups is 1. The average molecular weight is 487 g/mol. The molecule has 1 aromatic carbocycles. The fraction of sp³-hybridized carbons (Fsp3) is 0.579. The predicted molar refractivity (Wildman–Crippen MR) is 112 cm³/mol. The van der Waals surface area contributed by atoms with Gasteiger partial charge in [-0.15, -0.1) is 0 Å². The van der Waals surface area contributed by atoms with E-state index in [1.807, 2.05) is 18.4 Å². The second-order valence-electron chi connectivity index (χ2n) is 7.82. The summed E-state index contributed by atoms with van der Waals surface area (Å²) in [6.45, 7) is 4.16. The normalized spacial score (nSPS) is 18.6. The molecule has 170 valence electrons. The summed E-state index contributed by atoms with van der Waals surface area (Å²) < 4.78 is 65.8. The molecule has 1 atom stereocenters. The Morgan fingerprint density at radius 3 is 2.29 bits per heavy atom. The molecule has 0 aliphatic carbocycles. The fourth-order valence-corrected chi connectivity index (χ4v) is 4.97. The minimum Gasteiger partial charge on any atom is -1.00 e. The van der Waals surface area contributed by atoms with E-state index in [0.717, 1.165) is 17.8 Å². The van der Waals surface area contributed by atoms with Crippen LogP contribution in [-0.2, 0) is 30.4 Å². The van der Waals surface area contributed by atoms with Crippen LogP contribution in [0.2, 0.25) is 0 Å². The largest absolute Gasteiger partial charge is 1.00 e. The molecule has 0 saturated heterocycles. The smallest absolute Gasteiger partial charge is 1.00 e. The molecule has 12 heteroatoms. The third-order valence-corrected chi connectivity index (χ3v) is 7.36. The zero-order valence-corrected chi connectivity index (χ0v) is 21.7. The minimum atomic E-state index is -4.39. The molecular weight excluding hydrogens is 457 g/mol. The van der Waals surface area contributed by atoms with Crippen LogP contribution in [0.4, 0.5) is 5.69 Å². The molecule has 31 heavy (non-hydrogen) atoms. The Bertz CT molecular complexity index is 1070. The summed E-state index contributed by atoms with van der Waals surface area (Å²) in [7, 11) is -8.48. The van der Waals surface area contributed by atoms with Gasteiger partial charge in [0.25, 0.3) is 20.2 Å². The molecule has 9 nitrogen and oxygen atoms in total. The number of benzene rings is 1. The molecule has 0 radical (unpaired) electrons. The third kappa shape index (κ3) is 7.34. The van der Waals surface area contributed by atoms with Crippen LogP contribution < -0.4 is 29.6 Å². The van der Waals surface area contributed by atoms with Gasteiger partial charge in [-0.3, -0.25) is 13.9 Å². The number of unbranched alkanes of at least 4 members (excludes halogenated alkanes) is 2. The van der Waals surface area contributed by atoms with E-state index in [2.05, 4.69) is 0 Å². The summed E-state index contributed by atoms with van der Waals surface area (Å²) in [4.78, 5) is 10.5. The summed E-state index contributed by atoms with van der Waals surface area (Å²) >= 11 is 0. The van der Waals surface area contributed by atoms with Crippen molar-refractivity contribution < 1.29 is 71.4 Å². The average Bonchev–Trinajstić information content (AvgIpc) is 2.81. The first-order chi connectivity index (χ1) is 13.8. The van der Waals surface area contributed by atoms with Gasteiger partial charge in [-0.2, -0.15) is 21.4 Å². The molecular formula is C19H29NNaO8S2+. The molecule has 3 N–H and O–H groups in total. The van der Waals surface area contributed by atoms with Crippen LogP contribution in [0.15, 0.2) is 23.1 Å². The molecule has 0 spiro atoms. The molecule has 1 aliphatic heterocycles. The quantitative estimate of drug-likeness (QED) is 0.168. The monoisotopic (exact) mass is 486 g/mol. The van der Waals surface area contributed by atoms with E-state index in [-0.39, 0.29) is 54.5 Å². The predicted octanol–water partition coefficient (Wildman–Crippen LogP) is -0.261. The van der Waals surface area contributed by atoms with Crippen molar-refractivity contribution in [3.05, 3.63) is 23.8 Å². The topological polar surface area (TPSA) is 149 Å². The molecule has 1 unspecified atom stereocenters. The molecule has 2 rings (SSSR count). The van der Waals surface area contributed by atoms with Crippen molar-refractivity contribution in [3.8, 4) is 0 Å². The van der Waals surface area contributed by atoms with Crippen LogP contribution in [0.1, 0.15) is 59.4 Å². The maximum Gasteiger partial charge on any atom is 1.00 e. The van der Waals surface area contributed by atoms with E-state index in [9.17, 15) is 26.2 Å². The van der Waals surface area contributed by atoms with Crippen LogP contribution in [0.5, 0.6) is 0 Å². The number of hydrogen-bond acceptors (Lipinski definition) is 5.